The summed E-state index contributed by atoms with van der Waals surface area (Å²) in [6, 6.07) is 10.7. The summed E-state index contributed by atoms with van der Waals surface area (Å²) in [5.74, 6) is 0.0238. The molecule has 0 atom stereocenters. The van der Waals surface area contributed by atoms with Crippen molar-refractivity contribution in [3.05, 3.63) is 79.8 Å². The van der Waals surface area contributed by atoms with Crippen molar-refractivity contribution in [3.8, 4) is 11.4 Å². The number of hydrogen-bond donors (Lipinski definition) is 2. The Morgan fingerprint density at radius 2 is 1.88 bits per heavy atom. The van der Waals surface area contributed by atoms with E-state index >= 15 is 0 Å². The van der Waals surface area contributed by atoms with Crippen LogP contribution in [0.3, 0.4) is 0 Å². The summed E-state index contributed by atoms with van der Waals surface area (Å²) in [5, 5.41) is 23.5. The van der Waals surface area contributed by atoms with Gasteiger partial charge in [-0.3, -0.25) is 25.0 Å². The number of aryl methyl sites for hydroxylation is 2. The SMILES string of the molecule is Cc1ccc(O)c(N=Cc2c(C)[nH]n(-c3ccc([N+](=O)[O-])cc3)c2=O)c1. The number of phenolic OH excluding ortho intramolecular Hbond substituents is 1. The van der Waals surface area contributed by atoms with E-state index in [0.29, 0.717) is 22.6 Å². The van der Waals surface area contributed by atoms with Crippen LogP contribution in [0, 0.1) is 24.0 Å². The fraction of sp³-hybridized carbons (Fsp3) is 0.111. The van der Waals surface area contributed by atoms with Crippen molar-refractivity contribution in [3.63, 3.8) is 0 Å². The van der Waals surface area contributed by atoms with E-state index in [0.717, 1.165) is 5.56 Å². The lowest BCUT2D eigenvalue weighted by molar-refractivity contribution is -0.384. The van der Waals surface area contributed by atoms with Crippen molar-refractivity contribution < 1.29 is 10.0 Å². The molecule has 3 aromatic rings. The lowest BCUT2D eigenvalue weighted by Gasteiger charge is -2.00. The Labute approximate surface area is 148 Å². The molecule has 0 radical (unpaired) electrons. The fourth-order valence-corrected chi connectivity index (χ4v) is 2.49. The van der Waals surface area contributed by atoms with Gasteiger partial charge in [-0.05, 0) is 43.7 Å². The highest BCUT2D eigenvalue weighted by atomic mass is 16.6. The van der Waals surface area contributed by atoms with Gasteiger partial charge in [0.15, 0.2) is 0 Å². The second kappa shape index (κ2) is 6.67. The van der Waals surface area contributed by atoms with Gasteiger partial charge in [-0.25, -0.2) is 4.68 Å². The van der Waals surface area contributed by atoms with Crippen LogP contribution in [0.15, 0.2) is 52.3 Å². The molecule has 0 spiro atoms. The van der Waals surface area contributed by atoms with Gasteiger partial charge in [0.2, 0.25) is 0 Å². The molecule has 0 amide bonds. The maximum Gasteiger partial charge on any atom is 0.280 e. The second-order valence-electron chi connectivity index (χ2n) is 5.81. The zero-order valence-electron chi connectivity index (χ0n) is 14.1. The molecule has 0 unspecified atom stereocenters. The van der Waals surface area contributed by atoms with Gasteiger partial charge in [-0.15, -0.1) is 0 Å². The minimum Gasteiger partial charge on any atom is -0.506 e. The third kappa shape index (κ3) is 3.25. The van der Waals surface area contributed by atoms with E-state index in [1.54, 1.807) is 25.1 Å². The summed E-state index contributed by atoms with van der Waals surface area (Å²) in [4.78, 5) is 27.1. The van der Waals surface area contributed by atoms with Gasteiger partial charge >= 0.3 is 0 Å². The van der Waals surface area contributed by atoms with Crippen molar-refractivity contribution in [1.82, 2.24) is 9.78 Å². The van der Waals surface area contributed by atoms with Gasteiger partial charge in [-0.1, -0.05) is 6.07 Å². The van der Waals surface area contributed by atoms with Crippen molar-refractivity contribution in [2.45, 2.75) is 13.8 Å². The van der Waals surface area contributed by atoms with E-state index in [9.17, 15) is 20.0 Å². The molecular weight excluding hydrogens is 336 g/mol. The number of aromatic amines is 1. The smallest absolute Gasteiger partial charge is 0.280 e. The normalized spacial score (nSPS) is 11.2. The lowest BCUT2D eigenvalue weighted by Crippen LogP contribution is -2.17. The molecule has 3 rings (SSSR count). The van der Waals surface area contributed by atoms with E-state index in [1.165, 1.54) is 35.2 Å². The maximum absolute atomic E-state index is 12.6. The largest absolute Gasteiger partial charge is 0.506 e. The number of H-pyrrole nitrogens is 1. The molecule has 2 N–H and O–H groups in total. The lowest BCUT2D eigenvalue weighted by atomic mass is 10.2. The van der Waals surface area contributed by atoms with Crippen LogP contribution in [-0.2, 0) is 0 Å². The van der Waals surface area contributed by atoms with Crippen molar-refractivity contribution in [1.29, 1.82) is 0 Å². The topological polar surface area (TPSA) is 114 Å². The Bertz CT molecular complexity index is 1060. The number of non-ortho nitro benzene ring substituents is 1. The number of aliphatic imine (C=N–C) groups is 1. The van der Waals surface area contributed by atoms with Crippen LogP contribution >= 0.6 is 0 Å². The predicted octanol–water partition coefficient (Wildman–Crippen LogP) is 3.15. The highest BCUT2D eigenvalue weighted by Gasteiger charge is 2.12. The third-order valence-electron chi connectivity index (χ3n) is 3.90. The number of rotatable bonds is 4. The first-order valence-electron chi connectivity index (χ1n) is 7.77. The maximum atomic E-state index is 12.6. The molecule has 26 heavy (non-hydrogen) atoms. The zero-order chi connectivity index (χ0) is 18.8. The molecule has 132 valence electrons. The quantitative estimate of drug-likeness (QED) is 0.426. The molecule has 0 bridgehead atoms. The Hall–Kier alpha value is -3.68. The Balaban J connectivity index is 1.98. The van der Waals surface area contributed by atoms with E-state index in [1.807, 2.05) is 6.92 Å². The van der Waals surface area contributed by atoms with Gasteiger partial charge in [0.25, 0.3) is 11.2 Å². The van der Waals surface area contributed by atoms with E-state index in [-0.39, 0.29) is 17.0 Å². The number of nitrogens with one attached hydrogen (secondary N) is 1. The molecule has 1 heterocycles. The number of nitrogens with zero attached hydrogens (tertiary/aromatic N) is 3. The Morgan fingerprint density at radius 1 is 1.19 bits per heavy atom. The third-order valence-corrected chi connectivity index (χ3v) is 3.90. The summed E-state index contributed by atoms with van der Waals surface area (Å²) in [6.07, 6.45) is 1.39. The fourth-order valence-electron chi connectivity index (χ4n) is 2.49. The summed E-state index contributed by atoms with van der Waals surface area (Å²) in [7, 11) is 0. The molecule has 1 aromatic heterocycles. The summed E-state index contributed by atoms with van der Waals surface area (Å²) in [5.41, 5.74) is 2.31. The minimum absolute atomic E-state index is 0.0238. The van der Waals surface area contributed by atoms with Crippen molar-refractivity contribution in [2.24, 2.45) is 4.99 Å². The van der Waals surface area contributed by atoms with Gasteiger partial charge < -0.3 is 5.11 Å². The molecule has 0 aliphatic heterocycles. The van der Waals surface area contributed by atoms with Gasteiger partial charge in [0.1, 0.15) is 11.4 Å². The standard InChI is InChI=1S/C18H16N4O4/c1-11-3-8-17(23)16(9-11)19-10-15-12(2)20-21(18(15)24)13-4-6-14(7-5-13)22(25)26/h3-10,20,23H,1-2H3. The van der Waals surface area contributed by atoms with E-state index in [4.69, 9.17) is 0 Å². The Kier molecular flexibility index (Phi) is 4.40. The monoisotopic (exact) mass is 352 g/mol. The molecule has 8 heteroatoms. The van der Waals surface area contributed by atoms with Gasteiger partial charge in [-0.2, -0.15) is 0 Å². The number of aromatic nitrogens is 2. The first-order chi connectivity index (χ1) is 12.4. The second-order valence-corrected chi connectivity index (χ2v) is 5.81. The molecule has 2 aromatic carbocycles. The predicted molar refractivity (Wildman–Crippen MR) is 97.9 cm³/mol. The Morgan fingerprint density at radius 3 is 2.54 bits per heavy atom. The molecule has 8 nitrogen and oxygen atoms in total. The molecule has 0 aliphatic rings. The number of nitro groups is 1. The van der Waals surface area contributed by atoms with Gasteiger partial charge in [0.05, 0.1) is 16.2 Å². The first kappa shape index (κ1) is 17.2. The molecular formula is C18H16N4O4. The van der Waals surface area contributed by atoms with Crippen LogP contribution in [-0.4, -0.2) is 26.0 Å². The summed E-state index contributed by atoms with van der Waals surface area (Å²) in [6.45, 7) is 3.60. The van der Waals surface area contributed by atoms with E-state index in [2.05, 4.69) is 10.1 Å². The average molecular weight is 352 g/mol. The van der Waals surface area contributed by atoms with Crippen LogP contribution < -0.4 is 5.56 Å². The number of hydrogen-bond acceptors (Lipinski definition) is 5. The van der Waals surface area contributed by atoms with Crippen molar-refractivity contribution >= 4 is 17.6 Å². The zero-order valence-corrected chi connectivity index (χ0v) is 14.1. The van der Waals surface area contributed by atoms with Crippen LogP contribution in [0.25, 0.3) is 5.69 Å². The van der Waals surface area contributed by atoms with Crippen LogP contribution in [0.4, 0.5) is 11.4 Å². The highest BCUT2D eigenvalue weighted by Crippen LogP contribution is 2.26. The molecule has 0 saturated heterocycles. The minimum atomic E-state index is -0.501. The van der Waals surface area contributed by atoms with Gasteiger partial charge in [0, 0.05) is 24.0 Å². The van der Waals surface area contributed by atoms with Crippen LogP contribution in [0.5, 0.6) is 5.75 Å². The average Bonchev–Trinajstić information content (AvgIpc) is 2.90. The highest BCUT2D eigenvalue weighted by molar-refractivity contribution is 5.83. The number of nitro benzene ring substituents is 1. The summed E-state index contributed by atoms with van der Waals surface area (Å²) < 4.78 is 1.29. The summed E-state index contributed by atoms with van der Waals surface area (Å²) >= 11 is 0. The van der Waals surface area contributed by atoms with Crippen LogP contribution in [0.2, 0.25) is 0 Å². The number of phenols is 1. The molecule has 0 saturated carbocycles. The first-order valence-corrected chi connectivity index (χ1v) is 7.77. The van der Waals surface area contributed by atoms with Crippen LogP contribution in [0.1, 0.15) is 16.8 Å². The van der Waals surface area contributed by atoms with E-state index < -0.39 is 4.92 Å². The number of aromatic hydroxyl groups is 1. The molecule has 0 fully saturated rings. The molecule has 0 aliphatic carbocycles. The number of benzene rings is 2. The van der Waals surface area contributed by atoms with Crippen molar-refractivity contribution in [2.75, 3.05) is 0 Å².